The number of nitro groups is 1. The van der Waals surface area contributed by atoms with Crippen LogP contribution in [0.4, 0.5) is 14.5 Å². The van der Waals surface area contributed by atoms with Crippen molar-refractivity contribution >= 4 is 11.5 Å². The average Bonchev–Trinajstić information content (AvgIpc) is 2.86. The standard InChI is InChI=1S/C12H9F2N3O4/c1-2-6(18)5-9-15-12(16-21-9)10-7(13)3-4-8(11(10)14)17(19)20/h3-4H,2,5H2,1H3. The van der Waals surface area contributed by atoms with Crippen LogP contribution in [0.2, 0.25) is 0 Å². The fourth-order valence-electron chi connectivity index (χ4n) is 1.61. The summed E-state index contributed by atoms with van der Waals surface area (Å²) in [5.41, 5.74) is -1.66. The van der Waals surface area contributed by atoms with E-state index in [1.165, 1.54) is 0 Å². The smallest absolute Gasteiger partial charge is 0.305 e. The summed E-state index contributed by atoms with van der Waals surface area (Å²) < 4.78 is 32.3. The minimum Gasteiger partial charge on any atom is -0.338 e. The van der Waals surface area contributed by atoms with Crippen molar-refractivity contribution in [3.05, 3.63) is 39.8 Å². The molecule has 0 aliphatic heterocycles. The van der Waals surface area contributed by atoms with Crippen LogP contribution in [0.25, 0.3) is 11.4 Å². The SMILES string of the molecule is CCC(=O)Cc1nc(-c2c(F)ccc([N+](=O)[O-])c2F)no1. The zero-order chi connectivity index (χ0) is 15.6. The first kappa shape index (κ1) is 14.7. The van der Waals surface area contributed by atoms with Gasteiger partial charge in [-0.05, 0) is 6.07 Å². The molecule has 0 amide bonds. The van der Waals surface area contributed by atoms with Gasteiger partial charge in [0, 0.05) is 12.5 Å². The fraction of sp³-hybridized carbons (Fsp3) is 0.250. The lowest BCUT2D eigenvalue weighted by atomic mass is 10.1. The Kier molecular flexibility index (Phi) is 4.01. The van der Waals surface area contributed by atoms with E-state index in [2.05, 4.69) is 10.1 Å². The maximum atomic E-state index is 13.9. The summed E-state index contributed by atoms with van der Waals surface area (Å²) in [5, 5.41) is 14.0. The number of Topliss-reactive ketones (excluding diaryl/α,β-unsaturated/α-hetero) is 1. The van der Waals surface area contributed by atoms with Gasteiger partial charge < -0.3 is 4.52 Å². The van der Waals surface area contributed by atoms with Gasteiger partial charge in [-0.3, -0.25) is 14.9 Å². The van der Waals surface area contributed by atoms with Gasteiger partial charge in [-0.15, -0.1) is 0 Å². The molecule has 21 heavy (non-hydrogen) atoms. The Labute approximate surface area is 116 Å². The number of halogens is 2. The Morgan fingerprint density at radius 1 is 1.43 bits per heavy atom. The number of aromatic nitrogens is 2. The summed E-state index contributed by atoms with van der Waals surface area (Å²) in [6.07, 6.45) is 0.0823. The molecule has 0 aliphatic rings. The molecule has 0 atom stereocenters. The van der Waals surface area contributed by atoms with E-state index in [1.54, 1.807) is 6.92 Å². The zero-order valence-electron chi connectivity index (χ0n) is 10.8. The van der Waals surface area contributed by atoms with Crippen molar-refractivity contribution in [1.82, 2.24) is 10.1 Å². The average molecular weight is 297 g/mol. The van der Waals surface area contributed by atoms with Gasteiger partial charge in [-0.1, -0.05) is 12.1 Å². The largest absolute Gasteiger partial charge is 0.338 e. The molecule has 0 saturated carbocycles. The molecule has 1 heterocycles. The van der Waals surface area contributed by atoms with Gasteiger partial charge in [-0.2, -0.15) is 9.37 Å². The van der Waals surface area contributed by atoms with Gasteiger partial charge >= 0.3 is 5.69 Å². The molecule has 2 aromatic rings. The predicted molar refractivity (Wildman–Crippen MR) is 65.3 cm³/mol. The van der Waals surface area contributed by atoms with Gasteiger partial charge in [-0.25, -0.2) is 4.39 Å². The van der Waals surface area contributed by atoms with E-state index in [0.717, 1.165) is 6.07 Å². The monoisotopic (exact) mass is 297 g/mol. The lowest BCUT2D eigenvalue weighted by Gasteiger charge is -2.00. The molecular weight excluding hydrogens is 288 g/mol. The minimum atomic E-state index is -1.39. The van der Waals surface area contributed by atoms with E-state index >= 15 is 0 Å². The van der Waals surface area contributed by atoms with Crippen molar-refractivity contribution in [2.45, 2.75) is 19.8 Å². The van der Waals surface area contributed by atoms with E-state index in [9.17, 15) is 23.7 Å². The molecule has 0 spiro atoms. The molecule has 0 aliphatic carbocycles. The first-order valence-corrected chi connectivity index (χ1v) is 5.91. The third-order valence-electron chi connectivity index (χ3n) is 2.70. The molecule has 0 N–H and O–H groups in total. The normalized spacial score (nSPS) is 10.6. The molecule has 7 nitrogen and oxygen atoms in total. The van der Waals surface area contributed by atoms with Gasteiger partial charge in [0.15, 0.2) is 0 Å². The maximum Gasteiger partial charge on any atom is 0.305 e. The number of carbonyl (C=O) groups excluding carboxylic acids is 1. The highest BCUT2D eigenvalue weighted by Gasteiger charge is 2.26. The third-order valence-corrected chi connectivity index (χ3v) is 2.70. The molecule has 0 radical (unpaired) electrons. The van der Waals surface area contributed by atoms with Crippen molar-refractivity contribution in [2.24, 2.45) is 0 Å². The second kappa shape index (κ2) is 5.73. The minimum absolute atomic E-state index is 0.109. The van der Waals surface area contributed by atoms with Crippen LogP contribution in [-0.2, 0) is 11.2 Å². The zero-order valence-corrected chi connectivity index (χ0v) is 10.8. The summed E-state index contributed by atoms with van der Waals surface area (Å²) >= 11 is 0. The molecule has 0 bridgehead atoms. The van der Waals surface area contributed by atoms with Gasteiger partial charge in [0.05, 0.1) is 11.3 Å². The number of rotatable bonds is 5. The molecule has 0 unspecified atom stereocenters. The van der Waals surface area contributed by atoms with Crippen LogP contribution >= 0.6 is 0 Å². The van der Waals surface area contributed by atoms with Crippen LogP contribution in [0.15, 0.2) is 16.7 Å². The summed E-state index contributed by atoms with van der Waals surface area (Å²) in [7, 11) is 0. The van der Waals surface area contributed by atoms with Crippen LogP contribution in [0.5, 0.6) is 0 Å². The number of nitrogens with zero attached hydrogens (tertiary/aromatic N) is 3. The van der Waals surface area contributed by atoms with E-state index in [4.69, 9.17) is 4.52 Å². The number of ketones is 1. The second-order valence-corrected chi connectivity index (χ2v) is 4.09. The van der Waals surface area contributed by atoms with Crippen LogP contribution in [0.1, 0.15) is 19.2 Å². The second-order valence-electron chi connectivity index (χ2n) is 4.09. The predicted octanol–water partition coefficient (Wildman–Crippen LogP) is 2.44. The van der Waals surface area contributed by atoms with E-state index in [-0.39, 0.29) is 24.5 Å². The van der Waals surface area contributed by atoms with Crippen molar-refractivity contribution in [3.63, 3.8) is 0 Å². The molecule has 0 saturated heterocycles. The first-order chi connectivity index (χ1) is 9.93. The lowest BCUT2D eigenvalue weighted by molar-refractivity contribution is -0.387. The topological polar surface area (TPSA) is 99.1 Å². The highest BCUT2D eigenvalue weighted by molar-refractivity contribution is 5.79. The molecule has 110 valence electrons. The van der Waals surface area contributed by atoms with Crippen molar-refractivity contribution in [1.29, 1.82) is 0 Å². The van der Waals surface area contributed by atoms with Crippen LogP contribution in [0.3, 0.4) is 0 Å². The molecule has 2 rings (SSSR count). The molecule has 1 aromatic carbocycles. The fourth-order valence-corrected chi connectivity index (χ4v) is 1.61. The summed E-state index contributed by atoms with van der Waals surface area (Å²) in [4.78, 5) is 24.6. The molecule has 0 fully saturated rings. The summed E-state index contributed by atoms with van der Waals surface area (Å²) in [6, 6.07) is 1.44. The number of nitro benzene ring substituents is 1. The van der Waals surface area contributed by atoms with Crippen molar-refractivity contribution in [2.75, 3.05) is 0 Å². The quantitative estimate of drug-likeness (QED) is 0.620. The van der Waals surface area contributed by atoms with Crippen LogP contribution in [-0.4, -0.2) is 20.8 Å². The maximum absolute atomic E-state index is 13.9. The highest BCUT2D eigenvalue weighted by atomic mass is 19.1. The highest BCUT2D eigenvalue weighted by Crippen LogP contribution is 2.29. The summed E-state index contributed by atoms with van der Waals surface area (Å²) in [5.74, 6) is -3.23. The van der Waals surface area contributed by atoms with Gasteiger partial charge in [0.2, 0.25) is 17.5 Å². The Bertz CT molecular complexity index is 715. The Morgan fingerprint density at radius 3 is 2.76 bits per heavy atom. The van der Waals surface area contributed by atoms with Crippen molar-refractivity contribution < 1.29 is 23.0 Å². The van der Waals surface area contributed by atoms with Crippen molar-refractivity contribution in [3.8, 4) is 11.4 Å². The first-order valence-electron chi connectivity index (χ1n) is 5.91. The molecule has 1 aromatic heterocycles. The molecule has 9 heteroatoms. The van der Waals surface area contributed by atoms with E-state index in [1.807, 2.05) is 0 Å². The summed E-state index contributed by atoms with van der Waals surface area (Å²) in [6.45, 7) is 1.64. The van der Waals surface area contributed by atoms with Crippen LogP contribution < -0.4 is 0 Å². The number of carbonyl (C=O) groups is 1. The van der Waals surface area contributed by atoms with Gasteiger partial charge in [0.25, 0.3) is 0 Å². The number of hydrogen-bond donors (Lipinski definition) is 0. The number of hydrogen-bond acceptors (Lipinski definition) is 6. The van der Waals surface area contributed by atoms with Gasteiger partial charge in [0.1, 0.15) is 17.2 Å². The Morgan fingerprint density at radius 2 is 2.14 bits per heavy atom. The van der Waals surface area contributed by atoms with E-state index < -0.39 is 33.6 Å². The third kappa shape index (κ3) is 2.91. The number of benzene rings is 1. The van der Waals surface area contributed by atoms with E-state index in [0.29, 0.717) is 6.07 Å². The Hall–Kier alpha value is -2.71. The Balaban J connectivity index is 2.45. The van der Waals surface area contributed by atoms with Crippen LogP contribution in [0, 0.1) is 21.7 Å². The lowest BCUT2D eigenvalue weighted by Crippen LogP contribution is -2.01. The molecular formula is C12H9F2N3O4.